The summed E-state index contributed by atoms with van der Waals surface area (Å²) >= 11 is 0. The number of aromatic hydroxyl groups is 1. The maximum absolute atomic E-state index is 13.1. The summed E-state index contributed by atoms with van der Waals surface area (Å²) in [6, 6.07) is 7.24. The molecule has 2 aromatic rings. The van der Waals surface area contributed by atoms with E-state index in [4.69, 9.17) is 18.9 Å². The van der Waals surface area contributed by atoms with Crippen molar-refractivity contribution in [1.82, 2.24) is 0 Å². The Morgan fingerprint density at radius 1 is 0.632 bits per heavy atom. The molecule has 2 saturated carbocycles. The van der Waals surface area contributed by atoms with E-state index in [0.29, 0.717) is 24.0 Å². The second-order valence-electron chi connectivity index (χ2n) is 16.3. The molecule has 11 heteroatoms. The lowest BCUT2D eigenvalue weighted by Gasteiger charge is -2.20. The van der Waals surface area contributed by atoms with Gasteiger partial charge in [-0.05, 0) is 126 Å². The Kier molecular flexibility index (Phi) is 13.1. The first-order valence-electron chi connectivity index (χ1n) is 20.0. The molecule has 5 aliphatic rings. The highest BCUT2D eigenvalue weighted by Gasteiger charge is 2.44. The van der Waals surface area contributed by atoms with Crippen molar-refractivity contribution in [3.63, 3.8) is 0 Å². The third-order valence-electron chi connectivity index (χ3n) is 11.2. The van der Waals surface area contributed by atoms with E-state index < -0.39 is 42.0 Å². The fraction of sp³-hybridized carbons (Fsp3) is 0.478. The number of aliphatic hydroxyl groups is 2. The number of hydrogen-bond acceptors (Lipinski definition) is 11. The maximum atomic E-state index is 13.1. The van der Waals surface area contributed by atoms with Gasteiger partial charge in [-0.25, -0.2) is 9.59 Å². The number of aliphatic hydroxyl groups excluding tert-OH is 2. The molecule has 1 saturated heterocycles. The lowest BCUT2D eigenvalue weighted by molar-refractivity contribution is -0.152. The number of benzene rings is 2. The lowest BCUT2D eigenvalue weighted by atomic mass is 9.96. The summed E-state index contributed by atoms with van der Waals surface area (Å²) in [5.41, 5.74) is 4.75. The summed E-state index contributed by atoms with van der Waals surface area (Å²) in [5.74, 6) is -2.63. The Balaban J connectivity index is 0.000000194. The van der Waals surface area contributed by atoms with Gasteiger partial charge < -0.3 is 34.3 Å². The van der Waals surface area contributed by atoms with Crippen LogP contribution in [0.15, 0.2) is 60.7 Å². The Morgan fingerprint density at radius 2 is 1.18 bits per heavy atom. The number of esters is 2. The van der Waals surface area contributed by atoms with Gasteiger partial charge in [0.25, 0.3) is 0 Å². The van der Waals surface area contributed by atoms with Crippen LogP contribution in [0.2, 0.25) is 0 Å². The quantitative estimate of drug-likeness (QED) is 0.236. The molecule has 2 aromatic carbocycles. The van der Waals surface area contributed by atoms with E-state index in [1.165, 1.54) is 12.1 Å². The Morgan fingerprint density at radius 3 is 1.81 bits per heavy atom. The molecule has 3 fully saturated rings. The third-order valence-corrected chi connectivity index (χ3v) is 11.2. The molecular weight excluding hydrogens is 728 g/mol. The van der Waals surface area contributed by atoms with Crippen molar-refractivity contribution >= 4 is 35.7 Å². The predicted molar refractivity (Wildman–Crippen MR) is 213 cm³/mol. The van der Waals surface area contributed by atoms with Gasteiger partial charge >= 0.3 is 11.9 Å². The van der Waals surface area contributed by atoms with Crippen LogP contribution in [0, 0.1) is 32.6 Å². The van der Waals surface area contributed by atoms with Gasteiger partial charge in [-0.15, -0.1) is 0 Å². The minimum Gasteiger partial charge on any atom is -0.507 e. The second-order valence-corrected chi connectivity index (χ2v) is 16.3. The summed E-state index contributed by atoms with van der Waals surface area (Å²) in [6.07, 6.45) is 14.5. The van der Waals surface area contributed by atoms with Crippen LogP contribution in [-0.4, -0.2) is 81.2 Å². The molecule has 3 aliphatic heterocycles. The van der Waals surface area contributed by atoms with Gasteiger partial charge in [0.15, 0.2) is 17.4 Å². The molecule has 0 aromatic heterocycles. The normalized spacial score (nSPS) is 32.3. The van der Waals surface area contributed by atoms with Gasteiger partial charge in [0, 0.05) is 11.8 Å². The van der Waals surface area contributed by atoms with E-state index in [1.54, 1.807) is 37.3 Å². The summed E-state index contributed by atoms with van der Waals surface area (Å²) in [5, 5.41) is 30.4. The molecule has 2 aliphatic carbocycles. The molecule has 0 radical (unpaired) electrons. The molecule has 0 unspecified atom stereocenters. The minimum atomic E-state index is -1.51. The summed E-state index contributed by atoms with van der Waals surface area (Å²) in [4.78, 5) is 50.8. The molecule has 8 atom stereocenters. The number of ether oxygens (including phenoxy) is 4. The molecule has 11 nitrogen and oxygen atoms in total. The smallest absolute Gasteiger partial charge is 0.342 e. The van der Waals surface area contributed by atoms with Crippen molar-refractivity contribution in [2.75, 3.05) is 0 Å². The molecule has 3 N–H and O–H groups in total. The monoisotopic (exact) mass is 782 g/mol. The highest BCUT2D eigenvalue weighted by Crippen LogP contribution is 2.35. The summed E-state index contributed by atoms with van der Waals surface area (Å²) < 4.78 is 23.5. The van der Waals surface area contributed by atoms with Gasteiger partial charge in [-0.2, -0.15) is 0 Å². The zero-order valence-corrected chi connectivity index (χ0v) is 33.3. The number of carbonyl (C=O) groups is 4. The molecule has 0 spiro atoms. The number of ketones is 2. The average molecular weight is 783 g/mol. The van der Waals surface area contributed by atoms with Gasteiger partial charge in [-0.1, -0.05) is 60.2 Å². The maximum Gasteiger partial charge on any atom is 0.342 e. The van der Waals surface area contributed by atoms with Crippen LogP contribution < -0.4 is 0 Å². The minimum absolute atomic E-state index is 0.0238. The van der Waals surface area contributed by atoms with E-state index in [9.17, 15) is 34.5 Å². The van der Waals surface area contributed by atoms with Crippen molar-refractivity contribution < 1.29 is 53.4 Å². The molecular formula is C46H54O11. The van der Waals surface area contributed by atoms with E-state index in [0.717, 1.165) is 54.4 Å². The van der Waals surface area contributed by atoms with E-state index in [2.05, 4.69) is 0 Å². The lowest BCUT2D eigenvalue weighted by Crippen LogP contribution is -2.32. The number of carbonyl (C=O) groups excluding carboxylic acids is 4. The van der Waals surface area contributed by atoms with Crippen LogP contribution in [-0.2, 0) is 28.5 Å². The van der Waals surface area contributed by atoms with Gasteiger partial charge in [0.05, 0.1) is 17.8 Å². The second kappa shape index (κ2) is 17.9. The zero-order valence-electron chi connectivity index (χ0n) is 33.3. The van der Waals surface area contributed by atoms with Gasteiger partial charge in [0.2, 0.25) is 0 Å². The molecule has 0 amide bonds. The van der Waals surface area contributed by atoms with Crippen LogP contribution >= 0.6 is 0 Å². The summed E-state index contributed by atoms with van der Waals surface area (Å²) in [6.45, 7) is 9.41. The molecule has 57 heavy (non-hydrogen) atoms. The number of hydrogen-bond donors (Lipinski definition) is 3. The van der Waals surface area contributed by atoms with Crippen LogP contribution in [0.1, 0.15) is 114 Å². The number of phenolic OH excluding ortho intramolecular Hbond substituents is 1. The van der Waals surface area contributed by atoms with E-state index >= 15 is 0 Å². The van der Waals surface area contributed by atoms with Crippen LogP contribution in [0.5, 0.6) is 5.75 Å². The van der Waals surface area contributed by atoms with Crippen LogP contribution in [0.3, 0.4) is 0 Å². The predicted octanol–water partition coefficient (Wildman–Crippen LogP) is 6.98. The zero-order chi connectivity index (χ0) is 41.0. The van der Waals surface area contributed by atoms with Crippen molar-refractivity contribution in [2.45, 2.75) is 128 Å². The van der Waals surface area contributed by atoms with Crippen LogP contribution in [0.25, 0.3) is 12.2 Å². The highest BCUT2D eigenvalue weighted by molar-refractivity contribution is 5.98. The first kappa shape index (κ1) is 41.9. The molecule has 304 valence electrons. The molecule has 0 bridgehead atoms. The Bertz CT molecular complexity index is 1990. The fourth-order valence-electron chi connectivity index (χ4n) is 8.46. The van der Waals surface area contributed by atoms with E-state index in [1.807, 2.05) is 58.1 Å². The number of aryl methyl sites for hydroxylation is 3. The first-order valence-corrected chi connectivity index (χ1v) is 20.0. The van der Waals surface area contributed by atoms with Crippen molar-refractivity contribution in [3.05, 3.63) is 99.7 Å². The molecule has 3 heterocycles. The highest BCUT2D eigenvalue weighted by atomic mass is 16.8. The topological polar surface area (TPSA) is 166 Å². The third kappa shape index (κ3) is 10.1. The number of fused-ring (bicyclic) bond motifs is 5. The van der Waals surface area contributed by atoms with Gasteiger partial charge in [0.1, 0.15) is 35.7 Å². The standard InChI is InChI=1S/C25H30O5.C21H24O6/c1-15-13-16(2)22-18(14-15)8-6-10-21-23(30-25(3,4)29-21)19(26)12-11-17-7-5-9-20(17)28-24(22)27;1-12-10-14-5-2-6-15(22)20(25)16(23)9-8-13-4-3-7-18(13)27-21(26)19(14)17(24)11-12/h6,8,11-14,17,20-21,23H,5,7,9-10H2,1-4H3;2,5,8-11,13,15,18,20,22,24-25H,3-4,6-7H2,1H3/b8-6+,12-11-;5-2+,9-8-/t17-,20+,21+,23-;13-,15+,18+,20+/m11/s1. The number of phenols is 1. The molecule has 7 rings (SSSR count). The van der Waals surface area contributed by atoms with Gasteiger partial charge in [-0.3, -0.25) is 9.59 Å². The number of rotatable bonds is 0. The van der Waals surface area contributed by atoms with Crippen molar-refractivity contribution in [3.8, 4) is 5.75 Å². The Labute approximate surface area is 334 Å². The summed E-state index contributed by atoms with van der Waals surface area (Å²) in [7, 11) is 0. The van der Waals surface area contributed by atoms with E-state index in [-0.39, 0.29) is 53.5 Å². The van der Waals surface area contributed by atoms with Crippen molar-refractivity contribution in [1.29, 1.82) is 0 Å². The first-order chi connectivity index (χ1) is 27.1. The SMILES string of the molecule is Cc1cc(C)c2c(c1)/C=C/C[C@@H]1OC(C)(C)O[C@@H]1C(=O)/C=C\[C@H]1CCC[C@@H]1OC2=O.Cc1cc(O)c2c(c1)/C=C/C[C@H](O)[C@H](O)C(=O)/C=C\[C@H]1CCC[C@@H]1OC2=O. The largest absolute Gasteiger partial charge is 0.507 e. The van der Waals surface area contributed by atoms with Crippen LogP contribution in [0.4, 0.5) is 0 Å². The van der Waals surface area contributed by atoms with Crippen molar-refractivity contribution in [2.24, 2.45) is 11.8 Å². The Hall–Kier alpha value is -4.68. The fourth-order valence-corrected chi connectivity index (χ4v) is 8.46. The average Bonchev–Trinajstić information content (AvgIpc) is 3.86.